The fourth-order valence-corrected chi connectivity index (χ4v) is 3.95. The van der Waals surface area contributed by atoms with Gasteiger partial charge in [-0.05, 0) is 36.8 Å². The number of benzene rings is 2. The summed E-state index contributed by atoms with van der Waals surface area (Å²) in [4.78, 5) is 23.0. The van der Waals surface area contributed by atoms with Crippen LogP contribution in [0.25, 0.3) is 0 Å². The van der Waals surface area contributed by atoms with Crippen LogP contribution in [-0.4, -0.2) is 22.9 Å². The molecule has 2 aromatic rings. The molecule has 2 aromatic carbocycles. The van der Waals surface area contributed by atoms with Crippen molar-refractivity contribution in [1.29, 1.82) is 0 Å². The Bertz CT molecular complexity index is 1010. The Morgan fingerprint density at radius 1 is 1.23 bits per heavy atom. The Morgan fingerprint density at radius 2 is 1.90 bits per heavy atom. The predicted octanol–water partition coefficient (Wildman–Crippen LogP) is 6.53. The molecule has 7 nitrogen and oxygen atoms in total. The number of ether oxygens (including phenoxy) is 2. The van der Waals surface area contributed by atoms with Gasteiger partial charge < -0.3 is 14.0 Å². The first kappa shape index (κ1) is 24.7. The van der Waals surface area contributed by atoms with Crippen LogP contribution in [0.5, 0.6) is 11.5 Å². The predicted molar refractivity (Wildman–Crippen MR) is 109 cm³/mol. The summed E-state index contributed by atoms with van der Waals surface area (Å²) < 4.78 is 60.9. The zero-order valence-corrected chi connectivity index (χ0v) is 18.1. The van der Waals surface area contributed by atoms with Crippen LogP contribution in [0.3, 0.4) is 0 Å². The SMILES string of the molecule is CCC(OC(=O)c1cc(Oc2ccc(C(F)(F)F)cc2Cl)ccc1[N+](=O)[O-])[PH](=O)CC. The first-order valence-electron chi connectivity index (χ1n) is 9.04. The van der Waals surface area contributed by atoms with Gasteiger partial charge in [-0.2, -0.15) is 13.2 Å². The highest BCUT2D eigenvalue weighted by Gasteiger charge is 2.31. The third-order valence-electron chi connectivity index (χ3n) is 4.20. The van der Waals surface area contributed by atoms with Crippen LogP contribution < -0.4 is 4.74 Å². The fraction of sp³-hybridized carbons (Fsp3) is 0.316. The maximum Gasteiger partial charge on any atom is 0.416 e. The molecule has 2 rings (SSSR count). The van der Waals surface area contributed by atoms with Gasteiger partial charge in [-0.25, -0.2) is 4.79 Å². The van der Waals surface area contributed by atoms with Gasteiger partial charge >= 0.3 is 12.1 Å². The van der Waals surface area contributed by atoms with Crippen molar-refractivity contribution in [1.82, 2.24) is 0 Å². The maximum absolute atomic E-state index is 12.8. The normalized spacial score (nSPS) is 13.4. The molecule has 0 spiro atoms. The van der Waals surface area contributed by atoms with Gasteiger partial charge in [0, 0.05) is 12.1 Å². The van der Waals surface area contributed by atoms with Crippen molar-refractivity contribution in [2.75, 3.05) is 6.16 Å². The topological polar surface area (TPSA) is 95.7 Å². The van der Waals surface area contributed by atoms with E-state index >= 15 is 0 Å². The van der Waals surface area contributed by atoms with Crippen molar-refractivity contribution in [3.05, 3.63) is 62.7 Å². The number of nitro groups is 1. The summed E-state index contributed by atoms with van der Waals surface area (Å²) in [6, 6.07) is 5.60. The Balaban J connectivity index is 2.36. The van der Waals surface area contributed by atoms with Crippen molar-refractivity contribution in [3.8, 4) is 11.5 Å². The van der Waals surface area contributed by atoms with Crippen molar-refractivity contribution < 1.29 is 36.9 Å². The quantitative estimate of drug-likeness (QED) is 0.185. The molecule has 0 aliphatic heterocycles. The molecule has 0 radical (unpaired) electrons. The van der Waals surface area contributed by atoms with Gasteiger partial charge in [0.1, 0.15) is 24.9 Å². The lowest BCUT2D eigenvalue weighted by Crippen LogP contribution is -2.16. The molecule has 0 saturated carbocycles. The summed E-state index contributed by atoms with van der Waals surface area (Å²) in [6.07, 6.45) is -4.03. The van der Waals surface area contributed by atoms with E-state index in [1.165, 1.54) is 0 Å². The molecular formula is C19H18ClF3NO6P. The molecule has 0 heterocycles. The molecule has 0 amide bonds. The highest BCUT2D eigenvalue weighted by molar-refractivity contribution is 7.45. The molecule has 0 aliphatic rings. The molecular weight excluding hydrogens is 462 g/mol. The van der Waals surface area contributed by atoms with E-state index in [2.05, 4.69) is 0 Å². The Hall–Kier alpha value is -2.58. The smallest absolute Gasteiger partial charge is 0.416 e. The minimum absolute atomic E-state index is 0.0876. The number of hydrogen-bond acceptors (Lipinski definition) is 6. The molecule has 0 aromatic heterocycles. The number of nitrogens with zero attached hydrogens (tertiary/aromatic N) is 1. The van der Waals surface area contributed by atoms with Crippen molar-refractivity contribution in [2.45, 2.75) is 32.3 Å². The molecule has 0 saturated heterocycles. The Morgan fingerprint density at radius 3 is 2.42 bits per heavy atom. The molecule has 2 unspecified atom stereocenters. The maximum atomic E-state index is 12.8. The largest absolute Gasteiger partial charge is 0.456 e. The van der Waals surface area contributed by atoms with E-state index in [9.17, 15) is 32.6 Å². The summed E-state index contributed by atoms with van der Waals surface area (Å²) in [7, 11) is -2.24. The average molecular weight is 480 g/mol. The van der Waals surface area contributed by atoms with Gasteiger partial charge in [-0.1, -0.05) is 25.4 Å². The third-order valence-corrected chi connectivity index (χ3v) is 6.44. The van der Waals surface area contributed by atoms with Gasteiger partial charge in [0.15, 0.2) is 5.85 Å². The van der Waals surface area contributed by atoms with E-state index in [4.69, 9.17) is 21.1 Å². The van der Waals surface area contributed by atoms with E-state index in [0.717, 1.165) is 30.3 Å². The van der Waals surface area contributed by atoms with Crippen molar-refractivity contribution in [3.63, 3.8) is 0 Å². The van der Waals surface area contributed by atoms with Crippen LogP contribution in [0.2, 0.25) is 5.02 Å². The van der Waals surface area contributed by atoms with Gasteiger partial charge in [-0.3, -0.25) is 10.1 Å². The molecule has 31 heavy (non-hydrogen) atoms. The number of hydrogen-bond donors (Lipinski definition) is 0. The lowest BCUT2D eigenvalue weighted by atomic mass is 10.1. The van der Waals surface area contributed by atoms with E-state index in [-0.39, 0.29) is 22.9 Å². The molecule has 0 aliphatic carbocycles. The standard InChI is InChI=1S/C19H18ClF3NO6P/c1-3-17(31(28)4-2)30-18(25)13-10-12(6-7-15(13)24(26)27)29-16-8-5-11(9-14(16)20)19(21,22)23/h5-10,17,31H,3-4H2,1-2H3. The summed E-state index contributed by atoms with van der Waals surface area (Å²) in [5.41, 5.74) is -1.99. The molecule has 0 N–H and O–H groups in total. The lowest BCUT2D eigenvalue weighted by molar-refractivity contribution is -0.385. The first-order valence-corrected chi connectivity index (χ1v) is 11.1. The van der Waals surface area contributed by atoms with Gasteiger partial charge in [0.05, 0.1) is 15.5 Å². The zero-order valence-electron chi connectivity index (χ0n) is 16.4. The second-order valence-corrected chi connectivity index (χ2v) is 8.99. The van der Waals surface area contributed by atoms with Crippen LogP contribution in [0.4, 0.5) is 18.9 Å². The third kappa shape index (κ3) is 6.21. The lowest BCUT2D eigenvalue weighted by Gasteiger charge is -2.16. The second-order valence-electron chi connectivity index (χ2n) is 6.30. The van der Waals surface area contributed by atoms with E-state index < -0.39 is 47.5 Å². The molecule has 12 heteroatoms. The number of esters is 1. The van der Waals surface area contributed by atoms with Crippen molar-refractivity contribution >= 4 is 31.1 Å². The van der Waals surface area contributed by atoms with Crippen LogP contribution in [0, 0.1) is 10.1 Å². The molecule has 0 fully saturated rings. The van der Waals surface area contributed by atoms with Gasteiger partial charge in [0.2, 0.25) is 0 Å². The van der Waals surface area contributed by atoms with Gasteiger partial charge in [0.25, 0.3) is 5.69 Å². The number of carbonyl (C=O) groups excluding carboxylic acids is 1. The van der Waals surface area contributed by atoms with E-state index in [0.29, 0.717) is 12.2 Å². The zero-order chi connectivity index (χ0) is 23.3. The highest BCUT2D eigenvalue weighted by Crippen LogP contribution is 2.38. The summed E-state index contributed by atoms with van der Waals surface area (Å²) in [5.74, 6) is -2.17. The van der Waals surface area contributed by atoms with E-state index in [1.807, 2.05) is 0 Å². The fourth-order valence-electron chi connectivity index (χ4n) is 2.59. The number of nitro benzene ring substituents is 1. The monoisotopic (exact) mass is 479 g/mol. The number of halogens is 4. The summed E-state index contributed by atoms with van der Waals surface area (Å²) >= 11 is 5.85. The molecule has 0 bridgehead atoms. The highest BCUT2D eigenvalue weighted by atomic mass is 35.5. The first-order chi connectivity index (χ1) is 14.5. The number of rotatable bonds is 8. The van der Waals surface area contributed by atoms with Gasteiger partial charge in [-0.15, -0.1) is 0 Å². The molecule has 168 valence electrons. The number of carbonyl (C=O) groups is 1. The van der Waals surface area contributed by atoms with Crippen LogP contribution in [0.15, 0.2) is 36.4 Å². The Labute approximate surface area is 181 Å². The average Bonchev–Trinajstić information content (AvgIpc) is 2.71. The number of alkyl halides is 3. The van der Waals surface area contributed by atoms with Crippen molar-refractivity contribution in [2.24, 2.45) is 0 Å². The van der Waals surface area contributed by atoms with Crippen LogP contribution in [0.1, 0.15) is 36.2 Å². The summed E-state index contributed by atoms with van der Waals surface area (Å²) in [5, 5.41) is 11.0. The van der Waals surface area contributed by atoms with Crippen LogP contribution in [-0.2, 0) is 15.5 Å². The minimum atomic E-state index is -4.59. The minimum Gasteiger partial charge on any atom is -0.456 e. The second kappa shape index (κ2) is 10.2. The van der Waals surface area contributed by atoms with E-state index in [1.54, 1.807) is 13.8 Å². The van der Waals surface area contributed by atoms with Crippen LogP contribution >= 0.6 is 19.4 Å². The molecule has 2 atom stereocenters. The Kier molecular flexibility index (Phi) is 8.08. The summed E-state index contributed by atoms with van der Waals surface area (Å²) in [6.45, 7) is 3.33.